The molecule has 0 saturated carbocycles. The van der Waals surface area contributed by atoms with Gasteiger partial charge in [0.25, 0.3) is 5.69 Å². The molecule has 1 N–H and O–H groups in total. The predicted octanol–water partition coefficient (Wildman–Crippen LogP) is 1.78. The molecule has 0 aliphatic carbocycles. The van der Waals surface area contributed by atoms with Crippen LogP contribution in [0.15, 0.2) is 24.3 Å². The van der Waals surface area contributed by atoms with Crippen LogP contribution < -0.4 is 5.32 Å². The molecule has 1 rings (SSSR count). The van der Waals surface area contributed by atoms with Crippen molar-refractivity contribution in [1.82, 2.24) is 5.32 Å². The first-order valence-corrected chi connectivity index (χ1v) is 4.12. The molecule has 1 aromatic rings. The number of para-hydroxylation sites is 1. The maximum absolute atomic E-state index is 10.6. The summed E-state index contributed by atoms with van der Waals surface area (Å²) in [5, 5.41) is 13.5. The number of benzene rings is 1. The summed E-state index contributed by atoms with van der Waals surface area (Å²) in [7, 11) is 1.83. The highest BCUT2D eigenvalue weighted by atomic mass is 35.5. The van der Waals surface area contributed by atoms with Gasteiger partial charge < -0.3 is 5.32 Å². The number of rotatable bonds is 4. The zero-order valence-corrected chi connectivity index (χ0v) is 8.71. The van der Waals surface area contributed by atoms with Crippen molar-refractivity contribution in [1.29, 1.82) is 0 Å². The van der Waals surface area contributed by atoms with Crippen LogP contribution in [0.4, 0.5) is 5.69 Å². The van der Waals surface area contributed by atoms with Gasteiger partial charge in [0, 0.05) is 11.6 Å². The van der Waals surface area contributed by atoms with E-state index in [-0.39, 0.29) is 23.0 Å². The number of nitrogens with one attached hydrogen (secondary N) is 1. The van der Waals surface area contributed by atoms with Crippen molar-refractivity contribution in [2.24, 2.45) is 0 Å². The summed E-state index contributed by atoms with van der Waals surface area (Å²) in [5.41, 5.74) is 0.986. The normalized spacial score (nSPS) is 9.21. The predicted molar refractivity (Wildman–Crippen MR) is 58.0 cm³/mol. The Morgan fingerprint density at radius 2 is 2.07 bits per heavy atom. The third-order valence-corrected chi connectivity index (χ3v) is 1.83. The van der Waals surface area contributed by atoms with Crippen LogP contribution in [0.2, 0.25) is 0 Å². The monoisotopic (exact) mass is 216 g/mol. The second-order valence-corrected chi connectivity index (χ2v) is 2.74. The van der Waals surface area contributed by atoms with Gasteiger partial charge in [0.2, 0.25) is 0 Å². The van der Waals surface area contributed by atoms with Gasteiger partial charge in [0.05, 0.1) is 4.92 Å². The van der Waals surface area contributed by atoms with Crippen LogP contribution in [-0.2, 0) is 6.42 Å². The third kappa shape index (κ3) is 3.32. The molecule has 4 nitrogen and oxygen atoms in total. The molecule has 0 saturated heterocycles. The average Bonchev–Trinajstić information content (AvgIpc) is 2.15. The Kier molecular flexibility index (Phi) is 5.83. The molecule has 14 heavy (non-hydrogen) atoms. The number of nitro benzene ring substituents is 1. The minimum absolute atomic E-state index is 0. The highest BCUT2D eigenvalue weighted by Gasteiger charge is 2.10. The molecule has 1 aromatic carbocycles. The Labute approximate surface area is 88.9 Å². The van der Waals surface area contributed by atoms with Gasteiger partial charge in [-0.2, -0.15) is 0 Å². The molecule has 0 radical (unpaired) electrons. The van der Waals surface area contributed by atoms with E-state index in [1.165, 1.54) is 6.07 Å². The molecule has 0 atom stereocenters. The van der Waals surface area contributed by atoms with E-state index in [1.54, 1.807) is 12.1 Å². The topological polar surface area (TPSA) is 55.2 Å². The smallest absolute Gasteiger partial charge is 0.272 e. The van der Waals surface area contributed by atoms with Crippen molar-refractivity contribution < 1.29 is 4.92 Å². The van der Waals surface area contributed by atoms with Crippen molar-refractivity contribution in [3.8, 4) is 0 Å². The molecule has 0 amide bonds. The highest BCUT2D eigenvalue weighted by molar-refractivity contribution is 5.85. The molecule has 0 fully saturated rings. The number of hydrogen-bond donors (Lipinski definition) is 1. The van der Waals surface area contributed by atoms with E-state index in [2.05, 4.69) is 5.32 Å². The molecule has 0 aliphatic rings. The number of halogens is 1. The largest absolute Gasteiger partial charge is 0.319 e. The van der Waals surface area contributed by atoms with E-state index in [9.17, 15) is 10.1 Å². The molecule has 5 heteroatoms. The number of hydrogen-bond acceptors (Lipinski definition) is 3. The van der Waals surface area contributed by atoms with Gasteiger partial charge in [-0.15, -0.1) is 12.4 Å². The van der Waals surface area contributed by atoms with E-state index < -0.39 is 0 Å². The van der Waals surface area contributed by atoms with Crippen LogP contribution in [0.25, 0.3) is 0 Å². The molecule has 78 valence electrons. The van der Waals surface area contributed by atoms with Crippen molar-refractivity contribution >= 4 is 18.1 Å². The molecule has 0 spiro atoms. The lowest BCUT2D eigenvalue weighted by Crippen LogP contribution is -2.11. The van der Waals surface area contributed by atoms with Gasteiger partial charge in [-0.05, 0) is 20.0 Å². The summed E-state index contributed by atoms with van der Waals surface area (Å²) in [6.45, 7) is 0.755. The highest BCUT2D eigenvalue weighted by Crippen LogP contribution is 2.17. The van der Waals surface area contributed by atoms with E-state index >= 15 is 0 Å². The van der Waals surface area contributed by atoms with Gasteiger partial charge in [-0.1, -0.05) is 18.2 Å². The summed E-state index contributed by atoms with van der Waals surface area (Å²) >= 11 is 0. The van der Waals surface area contributed by atoms with Crippen LogP contribution >= 0.6 is 12.4 Å². The zero-order valence-electron chi connectivity index (χ0n) is 7.90. The Morgan fingerprint density at radius 1 is 1.43 bits per heavy atom. The lowest BCUT2D eigenvalue weighted by atomic mass is 10.1. The fourth-order valence-electron chi connectivity index (χ4n) is 1.16. The number of nitro groups is 1. The summed E-state index contributed by atoms with van der Waals surface area (Å²) < 4.78 is 0. The number of nitrogens with zero attached hydrogens (tertiary/aromatic N) is 1. The van der Waals surface area contributed by atoms with Crippen molar-refractivity contribution in [2.45, 2.75) is 6.42 Å². The summed E-state index contributed by atoms with van der Waals surface area (Å²) in [5.74, 6) is 0. The first-order chi connectivity index (χ1) is 6.25. The maximum Gasteiger partial charge on any atom is 0.272 e. The summed E-state index contributed by atoms with van der Waals surface area (Å²) in [6.07, 6.45) is 0.688. The van der Waals surface area contributed by atoms with Gasteiger partial charge in [0.15, 0.2) is 0 Å². The van der Waals surface area contributed by atoms with Gasteiger partial charge >= 0.3 is 0 Å². The Bertz CT molecular complexity index is 305. The first-order valence-electron chi connectivity index (χ1n) is 4.12. The molecular formula is C9H13ClN2O2. The second kappa shape index (κ2) is 6.34. The van der Waals surface area contributed by atoms with E-state index in [0.717, 1.165) is 12.1 Å². The van der Waals surface area contributed by atoms with Crippen LogP contribution in [0.5, 0.6) is 0 Å². The molecule has 0 aliphatic heterocycles. The van der Waals surface area contributed by atoms with Crippen LogP contribution in [0, 0.1) is 10.1 Å². The average molecular weight is 217 g/mol. The molecular weight excluding hydrogens is 204 g/mol. The fraction of sp³-hybridized carbons (Fsp3) is 0.333. The Hall–Kier alpha value is -1.13. The van der Waals surface area contributed by atoms with Crippen LogP contribution in [0.1, 0.15) is 5.56 Å². The second-order valence-electron chi connectivity index (χ2n) is 2.74. The molecule has 0 aromatic heterocycles. The minimum atomic E-state index is -0.342. The third-order valence-electron chi connectivity index (χ3n) is 1.83. The van der Waals surface area contributed by atoms with Crippen molar-refractivity contribution in [3.63, 3.8) is 0 Å². The van der Waals surface area contributed by atoms with Crippen molar-refractivity contribution in [2.75, 3.05) is 13.6 Å². The van der Waals surface area contributed by atoms with Gasteiger partial charge in [-0.3, -0.25) is 10.1 Å². The van der Waals surface area contributed by atoms with E-state index in [1.807, 2.05) is 13.1 Å². The summed E-state index contributed by atoms with van der Waals surface area (Å²) in [6, 6.07) is 6.82. The van der Waals surface area contributed by atoms with E-state index in [0.29, 0.717) is 6.42 Å². The number of likely N-dealkylation sites (N-methyl/N-ethyl adjacent to an activating group) is 1. The SMILES string of the molecule is CNCCc1ccccc1[N+](=O)[O-].Cl. The standard InChI is InChI=1S/C9H12N2O2.ClH/c1-10-7-6-8-4-2-3-5-9(8)11(12)13;/h2-5,10H,6-7H2,1H3;1H. The fourth-order valence-corrected chi connectivity index (χ4v) is 1.16. The maximum atomic E-state index is 10.6. The summed E-state index contributed by atoms with van der Waals surface area (Å²) in [4.78, 5) is 10.2. The van der Waals surface area contributed by atoms with Gasteiger partial charge in [0.1, 0.15) is 0 Å². The molecule has 0 heterocycles. The molecule has 0 unspecified atom stereocenters. The van der Waals surface area contributed by atoms with Crippen LogP contribution in [-0.4, -0.2) is 18.5 Å². The molecule has 0 bridgehead atoms. The Balaban J connectivity index is 0.00000169. The lowest BCUT2D eigenvalue weighted by molar-refractivity contribution is -0.385. The zero-order chi connectivity index (χ0) is 9.68. The first kappa shape index (κ1) is 12.9. The van der Waals surface area contributed by atoms with E-state index in [4.69, 9.17) is 0 Å². The van der Waals surface area contributed by atoms with Crippen LogP contribution in [0.3, 0.4) is 0 Å². The Morgan fingerprint density at radius 3 is 2.64 bits per heavy atom. The minimum Gasteiger partial charge on any atom is -0.319 e. The lowest BCUT2D eigenvalue weighted by Gasteiger charge is -2.01. The quantitative estimate of drug-likeness (QED) is 0.617. The van der Waals surface area contributed by atoms with Crippen molar-refractivity contribution in [3.05, 3.63) is 39.9 Å². The van der Waals surface area contributed by atoms with Gasteiger partial charge in [-0.25, -0.2) is 0 Å².